The topological polar surface area (TPSA) is 119 Å². The third-order valence-corrected chi connectivity index (χ3v) is 3.89. The van der Waals surface area contributed by atoms with Crippen LogP contribution in [-0.2, 0) is 14.4 Å². The number of nitrogens with two attached hydrogens (primary N) is 2. The summed E-state index contributed by atoms with van der Waals surface area (Å²) in [6.07, 6.45) is 5.98. The molecule has 5 N–H and O–H groups in total. The summed E-state index contributed by atoms with van der Waals surface area (Å²) in [5.74, 6) is -1.71. The molecular weight excluding hydrogens is 291 g/mol. The molecule has 1 aliphatic rings. The van der Waals surface area contributed by atoms with Crippen LogP contribution in [0.5, 0.6) is 0 Å². The highest BCUT2D eigenvalue weighted by Crippen LogP contribution is 2.26. The fourth-order valence-corrected chi connectivity index (χ4v) is 2.64. The van der Waals surface area contributed by atoms with E-state index in [0.29, 0.717) is 12.3 Å². The minimum Gasteiger partial charge on any atom is -0.370 e. The molecule has 0 bridgehead atoms. The first-order valence-corrected chi connectivity index (χ1v) is 7.64. The van der Waals surface area contributed by atoms with Crippen molar-refractivity contribution in [2.24, 2.45) is 17.4 Å². The Labute approximate surface area is 129 Å². The van der Waals surface area contributed by atoms with Crippen LogP contribution in [0.4, 0.5) is 4.39 Å². The average Bonchev–Trinajstić information content (AvgIpc) is 2.51. The Kier molecular flexibility index (Phi) is 7.79. The molecular formula is C14H25FN4O3. The summed E-state index contributed by atoms with van der Waals surface area (Å²) in [4.78, 5) is 34.2. The van der Waals surface area contributed by atoms with Crippen molar-refractivity contribution in [3.8, 4) is 0 Å². The number of nitrogens with zero attached hydrogens (tertiary/aromatic N) is 1. The van der Waals surface area contributed by atoms with E-state index in [2.05, 4.69) is 5.43 Å². The smallest absolute Gasteiger partial charge is 0.272 e. The van der Waals surface area contributed by atoms with E-state index in [9.17, 15) is 18.8 Å². The molecule has 0 aliphatic heterocycles. The Hall–Kier alpha value is -1.70. The van der Waals surface area contributed by atoms with Crippen LogP contribution in [0.25, 0.3) is 0 Å². The summed E-state index contributed by atoms with van der Waals surface area (Å²) in [7, 11) is 0. The number of primary amides is 1. The van der Waals surface area contributed by atoms with Gasteiger partial charge in [0.1, 0.15) is 0 Å². The zero-order valence-corrected chi connectivity index (χ0v) is 12.7. The van der Waals surface area contributed by atoms with Crippen molar-refractivity contribution < 1.29 is 18.8 Å². The van der Waals surface area contributed by atoms with Gasteiger partial charge in [0.15, 0.2) is 6.67 Å². The first-order valence-electron chi connectivity index (χ1n) is 7.64. The fraction of sp³-hybridized carbons (Fsp3) is 0.786. The molecule has 3 amide bonds. The lowest BCUT2D eigenvalue weighted by molar-refractivity contribution is -0.143. The van der Waals surface area contributed by atoms with Gasteiger partial charge in [-0.25, -0.2) is 4.39 Å². The molecule has 0 saturated heterocycles. The number of carbonyl (C=O) groups is 3. The molecule has 22 heavy (non-hydrogen) atoms. The van der Waals surface area contributed by atoms with E-state index < -0.39 is 30.4 Å². The van der Waals surface area contributed by atoms with Crippen LogP contribution in [0.15, 0.2) is 0 Å². The van der Waals surface area contributed by atoms with Gasteiger partial charge >= 0.3 is 0 Å². The summed E-state index contributed by atoms with van der Waals surface area (Å²) >= 11 is 0. The summed E-state index contributed by atoms with van der Waals surface area (Å²) < 4.78 is 12.5. The highest BCUT2D eigenvalue weighted by molar-refractivity contribution is 5.86. The maximum absolute atomic E-state index is 12.5. The van der Waals surface area contributed by atoms with Crippen LogP contribution < -0.4 is 16.9 Å². The van der Waals surface area contributed by atoms with Crippen molar-refractivity contribution in [1.29, 1.82) is 0 Å². The van der Waals surface area contributed by atoms with Gasteiger partial charge in [-0.3, -0.25) is 24.8 Å². The van der Waals surface area contributed by atoms with Gasteiger partial charge in [0, 0.05) is 6.42 Å². The molecule has 0 aromatic heterocycles. The summed E-state index contributed by atoms with van der Waals surface area (Å²) in [6, 6.07) is -0.758. The van der Waals surface area contributed by atoms with E-state index >= 15 is 0 Å². The number of rotatable bonds is 7. The first kappa shape index (κ1) is 18.3. The molecule has 1 saturated carbocycles. The summed E-state index contributed by atoms with van der Waals surface area (Å²) in [5, 5.41) is 0.772. The van der Waals surface area contributed by atoms with Gasteiger partial charge in [-0.05, 0) is 12.3 Å². The highest BCUT2D eigenvalue weighted by atomic mass is 19.1. The number of hydrazine groups is 1. The molecule has 0 radical (unpaired) electrons. The van der Waals surface area contributed by atoms with Gasteiger partial charge in [0.2, 0.25) is 5.91 Å². The summed E-state index contributed by atoms with van der Waals surface area (Å²) in [5.41, 5.74) is 13.1. The Morgan fingerprint density at radius 2 is 1.86 bits per heavy atom. The molecule has 0 spiro atoms. The molecule has 0 heterocycles. The lowest BCUT2D eigenvalue weighted by Crippen LogP contribution is -2.53. The van der Waals surface area contributed by atoms with Crippen LogP contribution in [0.2, 0.25) is 0 Å². The minimum absolute atomic E-state index is 0.163. The predicted molar refractivity (Wildman–Crippen MR) is 78.8 cm³/mol. The van der Waals surface area contributed by atoms with E-state index in [1.165, 1.54) is 6.42 Å². The standard InChI is InChI=1S/C14H25FN4O3/c15-9-13(21)19(7-6-12(17)20)18-14(22)11(16)8-10-4-2-1-3-5-10/h10-11H,1-9,16H2,(H2,17,20)(H,18,22)/t11-/m0/s1. The summed E-state index contributed by atoms with van der Waals surface area (Å²) in [6.45, 7) is -1.43. The highest BCUT2D eigenvalue weighted by Gasteiger charge is 2.24. The van der Waals surface area contributed by atoms with Gasteiger partial charge in [-0.1, -0.05) is 32.1 Å². The molecule has 1 aliphatic carbocycles. The zero-order chi connectivity index (χ0) is 16.5. The second kappa shape index (κ2) is 9.34. The number of hydrogen-bond donors (Lipinski definition) is 3. The average molecular weight is 316 g/mol. The van der Waals surface area contributed by atoms with Gasteiger partial charge < -0.3 is 11.5 Å². The molecule has 0 aromatic carbocycles. The third-order valence-electron chi connectivity index (χ3n) is 3.89. The number of nitrogens with one attached hydrogen (secondary N) is 1. The molecule has 1 atom stereocenters. The van der Waals surface area contributed by atoms with Crippen LogP contribution in [0, 0.1) is 5.92 Å². The first-order chi connectivity index (χ1) is 10.4. The predicted octanol–water partition coefficient (Wildman–Crippen LogP) is -0.0112. The van der Waals surface area contributed by atoms with E-state index in [1.54, 1.807) is 0 Å². The Bertz CT molecular complexity index is 400. The van der Waals surface area contributed by atoms with E-state index in [1.807, 2.05) is 0 Å². The van der Waals surface area contributed by atoms with Crippen molar-refractivity contribution in [3.63, 3.8) is 0 Å². The molecule has 1 rings (SSSR count). The van der Waals surface area contributed by atoms with Crippen LogP contribution in [0.3, 0.4) is 0 Å². The normalized spacial score (nSPS) is 16.8. The zero-order valence-electron chi connectivity index (χ0n) is 12.7. The number of carbonyl (C=O) groups excluding carboxylic acids is 3. The molecule has 126 valence electrons. The van der Waals surface area contributed by atoms with E-state index in [-0.39, 0.29) is 13.0 Å². The largest absolute Gasteiger partial charge is 0.370 e. The van der Waals surface area contributed by atoms with Gasteiger partial charge in [0.25, 0.3) is 11.8 Å². The van der Waals surface area contributed by atoms with Crippen molar-refractivity contribution in [2.45, 2.75) is 51.0 Å². The van der Waals surface area contributed by atoms with Crippen LogP contribution in [0.1, 0.15) is 44.9 Å². The van der Waals surface area contributed by atoms with E-state index in [4.69, 9.17) is 11.5 Å². The van der Waals surface area contributed by atoms with E-state index in [0.717, 1.165) is 30.7 Å². The second-order valence-electron chi connectivity index (χ2n) is 5.72. The number of alkyl halides is 1. The minimum atomic E-state index is -1.27. The molecule has 1 fully saturated rings. The van der Waals surface area contributed by atoms with Crippen molar-refractivity contribution >= 4 is 17.7 Å². The Morgan fingerprint density at radius 1 is 1.23 bits per heavy atom. The van der Waals surface area contributed by atoms with Gasteiger partial charge in [-0.2, -0.15) is 0 Å². The maximum atomic E-state index is 12.5. The van der Waals surface area contributed by atoms with Crippen molar-refractivity contribution in [3.05, 3.63) is 0 Å². The second-order valence-corrected chi connectivity index (χ2v) is 5.72. The van der Waals surface area contributed by atoms with Gasteiger partial charge in [0.05, 0.1) is 12.6 Å². The third kappa shape index (κ3) is 6.38. The molecule has 0 unspecified atom stereocenters. The Morgan fingerprint density at radius 3 is 2.41 bits per heavy atom. The number of hydrogen-bond acceptors (Lipinski definition) is 4. The fourth-order valence-electron chi connectivity index (χ4n) is 2.64. The van der Waals surface area contributed by atoms with Crippen LogP contribution >= 0.6 is 0 Å². The molecule has 0 aromatic rings. The maximum Gasteiger partial charge on any atom is 0.272 e. The lowest BCUT2D eigenvalue weighted by Gasteiger charge is -2.27. The van der Waals surface area contributed by atoms with Gasteiger partial charge in [-0.15, -0.1) is 0 Å². The van der Waals surface area contributed by atoms with Crippen molar-refractivity contribution in [1.82, 2.24) is 10.4 Å². The monoisotopic (exact) mass is 316 g/mol. The molecule has 7 nitrogen and oxygen atoms in total. The number of halogens is 1. The van der Waals surface area contributed by atoms with Crippen LogP contribution in [-0.4, -0.2) is 42.0 Å². The molecule has 8 heteroatoms. The number of amides is 3. The Balaban J connectivity index is 2.49. The SMILES string of the molecule is NC(=O)CCN(NC(=O)[C@@H](N)CC1CCCCC1)C(=O)CF. The quantitative estimate of drug-likeness (QED) is 0.572. The van der Waals surface area contributed by atoms with Crippen molar-refractivity contribution in [2.75, 3.05) is 13.2 Å². The lowest BCUT2D eigenvalue weighted by atomic mass is 9.85.